The second-order valence-electron chi connectivity index (χ2n) is 9.17. The topological polar surface area (TPSA) is 95.9 Å². The highest BCUT2D eigenvalue weighted by Gasteiger charge is 2.72. The van der Waals surface area contributed by atoms with E-state index in [1.54, 1.807) is 0 Å². The lowest BCUT2D eigenvalue weighted by molar-refractivity contribution is -0.147. The molecule has 2 amide bonds. The van der Waals surface area contributed by atoms with Crippen molar-refractivity contribution in [3.05, 3.63) is 59.7 Å². The molecule has 2 unspecified atom stereocenters. The quantitative estimate of drug-likeness (QED) is 0.647. The number of carbonyl (C=O) groups is 3. The highest BCUT2D eigenvalue weighted by Crippen LogP contribution is 2.56. The summed E-state index contributed by atoms with van der Waals surface area (Å²) in [5.74, 6) is -7.99. The third kappa shape index (κ3) is 3.89. The molecule has 9 heteroatoms. The third-order valence-corrected chi connectivity index (χ3v) is 7.01. The van der Waals surface area contributed by atoms with Gasteiger partial charge in [-0.3, -0.25) is 9.59 Å². The molecule has 2 fully saturated rings. The minimum Gasteiger partial charge on any atom is -0.481 e. The van der Waals surface area contributed by atoms with Crippen LogP contribution in [0.3, 0.4) is 0 Å². The fourth-order valence-corrected chi connectivity index (χ4v) is 5.15. The lowest BCUT2D eigenvalue weighted by atomic mass is 9.96. The van der Waals surface area contributed by atoms with Gasteiger partial charge in [0.15, 0.2) is 0 Å². The van der Waals surface area contributed by atoms with Crippen LogP contribution in [0.5, 0.6) is 0 Å². The van der Waals surface area contributed by atoms with Gasteiger partial charge < -0.3 is 20.1 Å². The number of hydrogen-bond donors (Lipinski definition) is 2. The first-order valence-electron chi connectivity index (χ1n) is 11.2. The maximum atomic E-state index is 14.2. The van der Waals surface area contributed by atoms with Gasteiger partial charge >= 0.3 is 12.1 Å². The Morgan fingerprint density at radius 1 is 1.03 bits per heavy atom. The van der Waals surface area contributed by atoms with Crippen LogP contribution >= 0.6 is 0 Å². The summed E-state index contributed by atoms with van der Waals surface area (Å²) in [5.41, 5.74) is 4.27. The minimum absolute atomic E-state index is 0.0715. The highest BCUT2D eigenvalue weighted by molar-refractivity contribution is 5.85. The molecule has 0 aromatic heterocycles. The number of nitrogens with one attached hydrogen (secondary N) is 1. The molecule has 0 bridgehead atoms. The van der Waals surface area contributed by atoms with Crippen LogP contribution in [-0.2, 0) is 14.3 Å². The lowest BCUT2D eigenvalue weighted by Gasteiger charge is -2.38. The van der Waals surface area contributed by atoms with Crippen LogP contribution in [0.1, 0.15) is 23.5 Å². The highest BCUT2D eigenvalue weighted by atomic mass is 19.3. The Hall–Kier alpha value is -3.49. The van der Waals surface area contributed by atoms with Crippen molar-refractivity contribution in [2.75, 3.05) is 26.2 Å². The summed E-state index contributed by atoms with van der Waals surface area (Å²) >= 11 is 0. The van der Waals surface area contributed by atoms with E-state index in [2.05, 4.69) is 5.32 Å². The number of amides is 2. The molecule has 178 valence electrons. The van der Waals surface area contributed by atoms with Crippen LogP contribution < -0.4 is 5.32 Å². The Morgan fingerprint density at radius 3 is 2.21 bits per heavy atom. The molecule has 2 aromatic rings. The number of nitrogens with zero attached hydrogens (tertiary/aromatic N) is 1. The lowest BCUT2D eigenvalue weighted by Crippen LogP contribution is -2.51. The minimum atomic E-state index is -3.20. The number of benzene rings is 2. The number of likely N-dealkylation sites (tertiary alicyclic amines) is 1. The summed E-state index contributed by atoms with van der Waals surface area (Å²) in [7, 11) is 0. The molecule has 2 N–H and O–H groups in total. The van der Waals surface area contributed by atoms with Crippen molar-refractivity contribution in [1.82, 2.24) is 10.2 Å². The molecule has 1 aliphatic heterocycles. The van der Waals surface area contributed by atoms with Gasteiger partial charge in [0.05, 0.1) is 12.3 Å². The zero-order valence-electron chi connectivity index (χ0n) is 18.2. The summed E-state index contributed by atoms with van der Waals surface area (Å²) in [4.78, 5) is 36.6. The summed E-state index contributed by atoms with van der Waals surface area (Å²) in [5, 5.41) is 11.2. The summed E-state index contributed by atoms with van der Waals surface area (Å²) < 4.78 is 33.8. The predicted octanol–water partition coefficient (Wildman–Crippen LogP) is 3.34. The van der Waals surface area contributed by atoms with E-state index in [0.29, 0.717) is 0 Å². The Kier molecular flexibility index (Phi) is 5.50. The maximum Gasteiger partial charge on any atom is 0.407 e. The van der Waals surface area contributed by atoms with Gasteiger partial charge in [-0.2, -0.15) is 0 Å². The number of carboxylic acids is 1. The van der Waals surface area contributed by atoms with E-state index in [9.17, 15) is 23.2 Å². The van der Waals surface area contributed by atoms with Crippen molar-refractivity contribution < 1.29 is 33.0 Å². The number of hydrogen-bond acceptors (Lipinski definition) is 4. The van der Waals surface area contributed by atoms with Crippen molar-refractivity contribution in [2.45, 2.75) is 18.3 Å². The Labute approximate surface area is 194 Å². The number of rotatable bonds is 7. The molecular formula is C25H24F2N2O5. The van der Waals surface area contributed by atoms with Crippen LogP contribution in [0.2, 0.25) is 0 Å². The van der Waals surface area contributed by atoms with Gasteiger partial charge in [0.1, 0.15) is 12.5 Å². The van der Waals surface area contributed by atoms with Crippen LogP contribution in [0.25, 0.3) is 11.1 Å². The van der Waals surface area contributed by atoms with Crippen molar-refractivity contribution in [1.29, 1.82) is 0 Å². The molecule has 34 heavy (non-hydrogen) atoms. The molecule has 0 radical (unpaired) electrons. The Balaban J connectivity index is 1.13. The number of halogens is 2. The zero-order valence-corrected chi connectivity index (χ0v) is 18.2. The summed E-state index contributed by atoms with van der Waals surface area (Å²) in [6.07, 6.45) is -0.890. The average molecular weight is 470 g/mol. The second-order valence-corrected chi connectivity index (χ2v) is 9.17. The zero-order chi connectivity index (χ0) is 24.0. The van der Waals surface area contributed by atoms with Crippen LogP contribution in [0.15, 0.2) is 48.5 Å². The molecule has 2 atom stereocenters. The Bertz CT molecular complexity index is 1100. The normalized spacial score (nSPS) is 22.4. The number of alkyl halides is 2. The summed E-state index contributed by atoms with van der Waals surface area (Å²) in [6.45, 7) is 0.0446. The number of aliphatic carboxylic acids is 1. The number of ether oxygens (including phenoxy) is 1. The number of carboxylic acid groups (broad SMARTS) is 1. The number of fused-ring (bicyclic) bond motifs is 3. The van der Waals surface area contributed by atoms with E-state index in [-0.39, 0.29) is 44.5 Å². The molecule has 2 aliphatic carbocycles. The fourth-order valence-electron chi connectivity index (χ4n) is 5.15. The Morgan fingerprint density at radius 2 is 1.62 bits per heavy atom. The van der Waals surface area contributed by atoms with E-state index in [1.807, 2.05) is 48.5 Å². The molecule has 1 saturated heterocycles. The van der Waals surface area contributed by atoms with Crippen molar-refractivity contribution >= 4 is 18.0 Å². The maximum absolute atomic E-state index is 14.2. The average Bonchev–Trinajstić information content (AvgIpc) is 3.19. The molecule has 5 rings (SSSR count). The molecule has 2 aromatic carbocycles. The smallest absolute Gasteiger partial charge is 0.407 e. The first-order valence-corrected chi connectivity index (χ1v) is 11.2. The van der Waals surface area contributed by atoms with Gasteiger partial charge in [-0.1, -0.05) is 48.5 Å². The fraction of sp³-hybridized carbons (Fsp3) is 0.400. The van der Waals surface area contributed by atoms with E-state index >= 15 is 0 Å². The SMILES string of the molecule is O=C(O)CC1CN(C(=O)C2C(CNC(=O)OCC3c4ccccc4-c4ccccc43)C2(F)F)C1. The van der Waals surface area contributed by atoms with E-state index in [0.717, 1.165) is 22.3 Å². The van der Waals surface area contributed by atoms with Gasteiger partial charge in [-0.15, -0.1) is 0 Å². The van der Waals surface area contributed by atoms with E-state index < -0.39 is 35.7 Å². The van der Waals surface area contributed by atoms with Crippen LogP contribution in [0.4, 0.5) is 13.6 Å². The first-order chi connectivity index (χ1) is 16.3. The monoisotopic (exact) mass is 470 g/mol. The number of carbonyl (C=O) groups excluding carboxylic acids is 2. The predicted molar refractivity (Wildman–Crippen MR) is 117 cm³/mol. The van der Waals surface area contributed by atoms with Gasteiger partial charge in [0, 0.05) is 31.5 Å². The molecule has 0 spiro atoms. The van der Waals surface area contributed by atoms with Gasteiger partial charge in [-0.05, 0) is 22.3 Å². The largest absolute Gasteiger partial charge is 0.481 e. The van der Waals surface area contributed by atoms with Gasteiger partial charge in [-0.25, -0.2) is 13.6 Å². The molecular weight excluding hydrogens is 446 g/mol. The van der Waals surface area contributed by atoms with Gasteiger partial charge in [0.2, 0.25) is 5.91 Å². The van der Waals surface area contributed by atoms with Crippen molar-refractivity contribution in [3.8, 4) is 11.1 Å². The molecule has 3 aliphatic rings. The molecule has 7 nitrogen and oxygen atoms in total. The summed E-state index contributed by atoms with van der Waals surface area (Å²) in [6, 6.07) is 15.7. The van der Waals surface area contributed by atoms with E-state index in [4.69, 9.17) is 9.84 Å². The number of alkyl carbamates (subject to hydrolysis) is 1. The standard InChI is InChI=1S/C25H24F2N2O5/c26-25(27)20(22(25)23(32)29-11-14(12-29)9-21(30)31)10-28-24(33)34-13-19-17-7-3-1-5-15(17)16-6-2-4-8-18(16)19/h1-8,14,19-20,22H,9-13H2,(H,28,33)(H,30,31). The van der Waals surface area contributed by atoms with Crippen LogP contribution in [-0.4, -0.2) is 60.1 Å². The van der Waals surface area contributed by atoms with Crippen LogP contribution in [0, 0.1) is 17.8 Å². The van der Waals surface area contributed by atoms with E-state index in [1.165, 1.54) is 4.90 Å². The van der Waals surface area contributed by atoms with Gasteiger partial charge in [0.25, 0.3) is 5.92 Å². The molecule has 1 saturated carbocycles. The third-order valence-electron chi connectivity index (χ3n) is 7.01. The van der Waals surface area contributed by atoms with Crippen molar-refractivity contribution in [2.24, 2.45) is 17.8 Å². The second kappa shape index (κ2) is 8.38. The first kappa shape index (κ1) is 22.3. The molecule has 1 heterocycles. The van der Waals surface area contributed by atoms with Crippen molar-refractivity contribution in [3.63, 3.8) is 0 Å².